The summed E-state index contributed by atoms with van der Waals surface area (Å²) >= 11 is 0. The Labute approximate surface area is 61.5 Å². The maximum Gasteiger partial charge on any atom is 0.145 e. The molecule has 0 fully saturated rings. The van der Waals surface area contributed by atoms with Gasteiger partial charge in [0.15, 0.2) is 0 Å². The van der Waals surface area contributed by atoms with Crippen molar-refractivity contribution in [1.29, 1.82) is 0 Å². The lowest BCUT2D eigenvalue weighted by Crippen LogP contribution is -2.26. The summed E-state index contributed by atoms with van der Waals surface area (Å²) in [5.74, 6) is 0. The molecule has 0 saturated heterocycles. The van der Waals surface area contributed by atoms with E-state index in [9.17, 15) is 5.11 Å². The van der Waals surface area contributed by atoms with Gasteiger partial charge in [-0.15, -0.1) is 0 Å². The summed E-state index contributed by atoms with van der Waals surface area (Å²) in [6.07, 6.45) is 6.30. The maximum absolute atomic E-state index is 9.19. The molecule has 56 valence electrons. The molecule has 0 aromatic heterocycles. The summed E-state index contributed by atoms with van der Waals surface area (Å²) < 4.78 is 0. The molecule has 0 bridgehead atoms. The van der Waals surface area contributed by atoms with Crippen LogP contribution in [0.2, 0.25) is 0 Å². The molecular weight excluding hydrogens is 126 g/mol. The third-order valence-electron chi connectivity index (χ3n) is 1.68. The second-order valence-corrected chi connectivity index (χ2v) is 2.50. The van der Waals surface area contributed by atoms with Crippen molar-refractivity contribution in [3.8, 4) is 0 Å². The standard InChI is InChI=1S/C8H13NO/c1-3-7-4-5-8(10)9(2)6-7/h4-6,8,10H,3H2,1-2H3. The zero-order chi connectivity index (χ0) is 7.56. The molecule has 1 N–H and O–H groups in total. The van der Waals surface area contributed by atoms with E-state index in [-0.39, 0.29) is 0 Å². The van der Waals surface area contributed by atoms with Crippen LogP contribution in [0, 0.1) is 0 Å². The fourth-order valence-electron chi connectivity index (χ4n) is 0.936. The van der Waals surface area contributed by atoms with Crippen LogP contribution in [0.25, 0.3) is 0 Å². The van der Waals surface area contributed by atoms with Crippen LogP contribution >= 0.6 is 0 Å². The third-order valence-corrected chi connectivity index (χ3v) is 1.68. The molecule has 0 aromatic rings. The van der Waals surface area contributed by atoms with E-state index >= 15 is 0 Å². The van der Waals surface area contributed by atoms with Gasteiger partial charge in [0.25, 0.3) is 0 Å². The fraction of sp³-hybridized carbons (Fsp3) is 0.500. The number of aliphatic hydroxyl groups excluding tert-OH is 1. The minimum Gasteiger partial charge on any atom is -0.370 e. The Morgan fingerprint density at radius 2 is 2.40 bits per heavy atom. The van der Waals surface area contributed by atoms with Crippen LogP contribution in [0.1, 0.15) is 13.3 Å². The van der Waals surface area contributed by atoms with E-state index in [1.54, 1.807) is 11.0 Å². The monoisotopic (exact) mass is 139 g/mol. The van der Waals surface area contributed by atoms with Crippen molar-refractivity contribution in [2.75, 3.05) is 7.05 Å². The van der Waals surface area contributed by atoms with Crippen molar-refractivity contribution in [2.24, 2.45) is 0 Å². The second kappa shape index (κ2) is 2.88. The highest BCUT2D eigenvalue weighted by molar-refractivity contribution is 5.22. The number of nitrogens with zero attached hydrogens (tertiary/aromatic N) is 1. The van der Waals surface area contributed by atoms with Crippen LogP contribution in [0.4, 0.5) is 0 Å². The number of allylic oxidation sites excluding steroid dienone is 2. The van der Waals surface area contributed by atoms with Gasteiger partial charge < -0.3 is 10.0 Å². The van der Waals surface area contributed by atoms with Gasteiger partial charge in [-0.2, -0.15) is 0 Å². The fourth-order valence-corrected chi connectivity index (χ4v) is 0.936. The molecule has 1 aliphatic rings. The molecule has 0 amide bonds. The van der Waals surface area contributed by atoms with E-state index in [1.165, 1.54) is 5.57 Å². The van der Waals surface area contributed by atoms with Gasteiger partial charge in [0.2, 0.25) is 0 Å². The van der Waals surface area contributed by atoms with E-state index in [1.807, 2.05) is 19.3 Å². The number of hydrogen-bond donors (Lipinski definition) is 1. The number of aliphatic hydroxyl groups is 1. The lowest BCUT2D eigenvalue weighted by Gasteiger charge is -2.23. The molecule has 1 atom stereocenters. The molecule has 2 heteroatoms. The van der Waals surface area contributed by atoms with Crippen LogP contribution in [0.15, 0.2) is 23.9 Å². The number of likely N-dealkylation sites (N-methyl/N-ethyl adjacent to an activating group) is 1. The highest BCUT2D eigenvalue weighted by atomic mass is 16.3. The molecule has 0 radical (unpaired) electrons. The van der Waals surface area contributed by atoms with Gasteiger partial charge in [0.1, 0.15) is 6.23 Å². The van der Waals surface area contributed by atoms with Crippen molar-refractivity contribution < 1.29 is 5.11 Å². The summed E-state index contributed by atoms with van der Waals surface area (Å²) in [5, 5.41) is 9.19. The van der Waals surface area contributed by atoms with Crippen molar-refractivity contribution >= 4 is 0 Å². The summed E-state index contributed by atoms with van der Waals surface area (Å²) in [6.45, 7) is 2.10. The second-order valence-electron chi connectivity index (χ2n) is 2.50. The van der Waals surface area contributed by atoms with Crippen molar-refractivity contribution in [3.05, 3.63) is 23.9 Å². The van der Waals surface area contributed by atoms with Crippen LogP contribution in [-0.4, -0.2) is 23.3 Å². The van der Waals surface area contributed by atoms with Gasteiger partial charge >= 0.3 is 0 Å². The van der Waals surface area contributed by atoms with E-state index in [4.69, 9.17) is 0 Å². The number of hydrogen-bond acceptors (Lipinski definition) is 2. The topological polar surface area (TPSA) is 23.5 Å². The van der Waals surface area contributed by atoms with Crippen LogP contribution in [0.5, 0.6) is 0 Å². The highest BCUT2D eigenvalue weighted by Gasteiger charge is 2.07. The SMILES string of the molecule is CCC1=CN(C)C(O)C=C1. The Kier molecular flexibility index (Phi) is 2.12. The van der Waals surface area contributed by atoms with Crippen molar-refractivity contribution in [2.45, 2.75) is 19.6 Å². The van der Waals surface area contributed by atoms with Crippen molar-refractivity contribution in [3.63, 3.8) is 0 Å². The van der Waals surface area contributed by atoms with Crippen LogP contribution < -0.4 is 0 Å². The molecule has 1 heterocycles. The first-order chi connectivity index (χ1) is 4.74. The normalized spacial score (nSPS) is 24.9. The minimum atomic E-state index is -0.435. The predicted molar refractivity (Wildman–Crippen MR) is 41.3 cm³/mol. The highest BCUT2D eigenvalue weighted by Crippen LogP contribution is 2.11. The average molecular weight is 139 g/mol. The van der Waals surface area contributed by atoms with Gasteiger partial charge in [-0.05, 0) is 18.1 Å². The number of rotatable bonds is 1. The van der Waals surface area contributed by atoms with E-state index in [0.29, 0.717) is 0 Å². The third kappa shape index (κ3) is 1.39. The molecule has 1 rings (SSSR count). The maximum atomic E-state index is 9.19. The van der Waals surface area contributed by atoms with E-state index < -0.39 is 6.23 Å². The average Bonchev–Trinajstić information content (AvgIpc) is 1.95. The van der Waals surface area contributed by atoms with Gasteiger partial charge in [0, 0.05) is 13.2 Å². The smallest absolute Gasteiger partial charge is 0.145 e. The summed E-state index contributed by atoms with van der Waals surface area (Å²) in [6, 6.07) is 0. The van der Waals surface area contributed by atoms with Crippen LogP contribution in [0.3, 0.4) is 0 Å². The van der Waals surface area contributed by atoms with Gasteiger partial charge in [-0.1, -0.05) is 13.0 Å². The Balaban J connectivity index is 2.66. The minimum absolute atomic E-state index is 0.435. The summed E-state index contributed by atoms with van der Waals surface area (Å²) in [4.78, 5) is 1.79. The summed E-state index contributed by atoms with van der Waals surface area (Å²) in [7, 11) is 1.86. The molecule has 0 spiro atoms. The molecule has 0 aromatic carbocycles. The predicted octanol–water partition coefficient (Wildman–Crippen LogP) is 1.10. The Morgan fingerprint density at radius 1 is 1.70 bits per heavy atom. The Hall–Kier alpha value is -0.760. The first-order valence-electron chi connectivity index (χ1n) is 3.53. The lowest BCUT2D eigenvalue weighted by molar-refractivity contribution is 0.0961. The zero-order valence-corrected chi connectivity index (χ0v) is 6.41. The van der Waals surface area contributed by atoms with E-state index in [2.05, 4.69) is 6.92 Å². The molecule has 1 aliphatic heterocycles. The Morgan fingerprint density at radius 3 is 2.90 bits per heavy atom. The zero-order valence-electron chi connectivity index (χ0n) is 6.41. The van der Waals surface area contributed by atoms with Crippen molar-refractivity contribution in [1.82, 2.24) is 4.90 Å². The Bertz CT molecular complexity index is 172. The molecular formula is C8H13NO. The molecule has 1 unspecified atom stereocenters. The molecule has 2 nitrogen and oxygen atoms in total. The lowest BCUT2D eigenvalue weighted by atomic mass is 10.1. The summed E-state index contributed by atoms with van der Waals surface area (Å²) in [5.41, 5.74) is 1.26. The van der Waals surface area contributed by atoms with E-state index in [0.717, 1.165) is 6.42 Å². The van der Waals surface area contributed by atoms with Crippen LogP contribution in [-0.2, 0) is 0 Å². The quantitative estimate of drug-likeness (QED) is 0.588. The van der Waals surface area contributed by atoms with Gasteiger partial charge in [-0.3, -0.25) is 0 Å². The molecule has 0 aliphatic carbocycles. The first kappa shape index (κ1) is 7.35. The van der Waals surface area contributed by atoms with Gasteiger partial charge in [0.05, 0.1) is 0 Å². The largest absolute Gasteiger partial charge is 0.370 e. The first-order valence-corrected chi connectivity index (χ1v) is 3.53. The molecule has 10 heavy (non-hydrogen) atoms. The van der Waals surface area contributed by atoms with Gasteiger partial charge in [-0.25, -0.2) is 0 Å². The molecule has 0 saturated carbocycles.